The molecule has 1 N–H and O–H groups in total. The maximum atomic E-state index is 11.4. The Morgan fingerprint density at radius 1 is 1.41 bits per heavy atom. The molecule has 4 heteroatoms. The molecule has 1 rings (SSSR count). The zero-order chi connectivity index (χ0) is 12.8. The third-order valence-corrected chi connectivity index (χ3v) is 3.03. The third-order valence-electron chi connectivity index (χ3n) is 3.03. The van der Waals surface area contributed by atoms with Crippen LogP contribution in [-0.4, -0.2) is 35.1 Å². The van der Waals surface area contributed by atoms with Crippen molar-refractivity contribution < 1.29 is 0 Å². The maximum absolute atomic E-state index is 11.4. The van der Waals surface area contributed by atoms with Crippen LogP contribution in [0.1, 0.15) is 20.8 Å². The van der Waals surface area contributed by atoms with Crippen molar-refractivity contribution in [3.8, 4) is 0 Å². The average Bonchev–Trinajstić information content (AvgIpc) is 2.29. The molecule has 0 atom stereocenters. The zero-order valence-corrected chi connectivity index (χ0v) is 11.2. The molecule has 0 saturated heterocycles. The number of aromatic nitrogens is 1. The van der Waals surface area contributed by atoms with Crippen LogP contribution in [0.4, 0.5) is 5.82 Å². The highest BCUT2D eigenvalue weighted by Gasteiger charge is 2.06. The van der Waals surface area contributed by atoms with E-state index in [1.807, 2.05) is 6.07 Å². The summed E-state index contributed by atoms with van der Waals surface area (Å²) in [6, 6.07) is 5.83. The summed E-state index contributed by atoms with van der Waals surface area (Å²) in [6.07, 6.45) is 0. The fraction of sp³-hybridized carbons (Fsp3) is 0.615. The molecule has 0 aliphatic carbocycles. The van der Waals surface area contributed by atoms with E-state index in [9.17, 15) is 4.79 Å². The van der Waals surface area contributed by atoms with E-state index in [0.717, 1.165) is 25.5 Å². The first-order valence-corrected chi connectivity index (χ1v) is 6.20. The smallest absolute Gasteiger partial charge is 0.251 e. The van der Waals surface area contributed by atoms with Crippen molar-refractivity contribution in [2.45, 2.75) is 26.8 Å². The third kappa shape index (κ3) is 3.89. The SMILES string of the molecule is CCN(CCNc1cccc(=O)n1C)C(C)C. The van der Waals surface area contributed by atoms with Crippen molar-refractivity contribution in [2.75, 3.05) is 25.0 Å². The number of nitrogens with one attached hydrogen (secondary N) is 1. The molecular formula is C13H23N3O. The molecule has 0 saturated carbocycles. The van der Waals surface area contributed by atoms with Crippen LogP contribution < -0.4 is 10.9 Å². The minimum atomic E-state index is 0.0196. The quantitative estimate of drug-likeness (QED) is 0.815. The van der Waals surface area contributed by atoms with Crippen molar-refractivity contribution in [3.05, 3.63) is 28.6 Å². The van der Waals surface area contributed by atoms with Crippen molar-refractivity contribution in [3.63, 3.8) is 0 Å². The summed E-state index contributed by atoms with van der Waals surface area (Å²) < 4.78 is 1.63. The molecule has 0 fully saturated rings. The van der Waals surface area contributed by atoms with E-state index in [0.29, 0.717) is 6.04 Å². The van der Waals surface area contributed by atoms with E-state index in [-0.39, 0.29) is 5.56 Å². The Balaban J connectivity index is 2.51. The number of pyridine rings is 1. The van der Waals surface area contributed by atoms with Gasteiger partial charge in [0.2, 0.25) is 0 Å². The van der Waals surface area contributed by atoms with E-state index >= 15 is 0 Å². The van der Waals surface area contributed by atoms with Gasteiger partial charge in [0.1, 0.15) is 5.82 Å². The summed E-state index contributed by atoms with van der Waals surface area (Å²) in [6.45, 7) is 9.44. The van der Waals surface area contributed by atoms with Crippen LogP contribution in [0.2, 0.25) is 0 Å². The van der Waals surface area contributed by atoms with Crippen molar-refractivity contribution in [1.82, 2.24) is 9.47 Å². The molecule has 0 aliphatic heterocycles. The fourth-order valence-corrected chi connectivity index (χ4v) is 1.85. The lowest BCUT2D eigenvalue weighted by molar-refractivity contribution is 0.243. The van der Waals surface area contributed by atoms with Crippen LogP contribution in [0.5, 0.6) is 0 Å². The highest BCUT2D eigenvalue weighted by molar-refractivity contribution is 5.34. The second kappa shape index (κ2) is 6.45. The fourth-order valence-electron chi connectivity index (χ4n) is 1.85. The Morgan fingerprint density at radius 3 is 2.71 bits per heavy atom. The molecule has 1 aromatic rings. The Labute approximate surface area is 103 Å². The van der Waals surface area contributed by atoms with Gasteiger partial charge in [0.25, 0.3) is 5.56 Å². The second-order valence-corrected chi connectivity index (χ2v) is 4.46. The molecule has 1 aromatic heterocycles. The van der Waals surface area contributed by atoms with Gasteiger partial charge in [-0.25, -0.2) is 0 Å². The number of nitrogens with zero attached hydrogens (tertiary/aromatic N) is 2. The number of likely N-dealkylation sites (N-methyl/N-ethyl adjacent to an activating group) is 1. The lowest BCUT2D eigenvalue weighted by atomic mass is 10.3. The van der Waals surface area contributed by atoms with Gasteiger partial charge < -0.3 is 5.32 Å². The zero-order valence-electron chi connectivity index (χ0n) is 11.2. The lowest BCUT2D eigenvalue weighted by Crippen LogP contribution is -2.35. The summed E-state index contributed by atoms with van der Waals surface area (Å²) in [4.78, 5) is 13.8. The van der Waals surface area contributed by atoms with Gasteiger partial charge in [-0.05, 0) is 26.5 Å². The van der Waals surface area contributed by atoms with Gasteiger partial charge in [0, 0.05) is 32.2 Å². The van der Waals surface area contributed by atoms with E-state index in [1.165, 1.54) is 0 Å². The van der Waals surface area contributed by atoms with Gasteiger partial charge in [-0.15, -0.1) is 0 Å². The van der Waals surface area contributed by atoms with Crippen LogP contribution in [0.3, 0.4) is 0 Å². The van der Waals surface area contributed by atoms with Crippen LogP contribution in [-0.2, 0) is 7.05 Å². The molecule has 0 spiro atoms. The van der Waals surface area contributed by atoms with E-state index in [4.69, 9.17) is 0 Å². The summed E-state index contributed by atoms with van der Waals surface area (Å²) in [5.41, 5.74) is 0.0196. The number of anilines is 1. The minimum absolute atomic E-state index is 0.0196. The van der Waals surface area contributed by atoms with Crippen LogP contribution in [0.25, 0.3) is 0 Å². The second-order valence-electron chi connectivity index (χ2n) is 4.46. The summed E-state index contributed by atoms with van der Waals surface area (Å²) in [5.74, 6) is 0.873. The molecule has 1 heterocycles. The van der Waals surface area contributed by atoms with Crippen LogP contribution in [0.15, 0.2) is 23.0 Å². The predicted octanol–water partition coefficient (Wildman–Crippen LogP) is 1.53. The molecule has 0 unspecified atom stereocenters. The number of rotatable bonds is 6. The highest BCUT2D eigenvalue weighted by Crippen LogP contribution is 2.02. The maximum Gasteiger partial charge on any atom is 0.251 e. The van der Waals surface area contributed by atoms with Gasteiger partial charge in [-0.3, -0.25) is 14.3 Å². The Kier molecular flexibility index (Phi) is 5.22. The van der Waals surface area contributed by atoms with Crippen molar-refractivity contribution in [1.29, 1.82) is 0 Å². The first-order valence-electron chi connectivity index (χ1n) is 6.20. The van der Waals surface area contributed by atoms with Gasteiger partial charge in [-0.1, -0.05) is 13.0 Å². The van der Waals surface area contributed by atoms with E-state index < -0.39 is 0 Å². The number of hydrogen-bond acceptors (Lipinski definition) is 3. The first kappa shape index (κ1) is 13.8. The monoisotopic (exact) mass is 237 g/mol. The topological polar surface area (TPSA) is 37.3 Å². The van der Waals surface area contributed by atoms with E-state index in [2.05, 4.69) is 31.0 Å². The molecule has 0 bridgehead atoms. The molecule has 4 nitrogen and oxygen atoms in total. The average molecular weight is 237 g/mol. The molecule has 0 amide bonds. The summed E-state index contributed by atoms with van der Waals surface area (Å²) >= 11 is 0. The summed E-state index contributed by atoms with van der Waals surface area (Å²) in [5, 5.41) is 3.29. The minimum Gasteiger partial charge on any atom is -0.370 e. The first-order chi connectivity index (χ1) is 8.06. The molecule has 0 radical (unpaired) electrons. The molecule has 0 aromatic carbocycles. The van der Waals surface area contributed by atoms with Crippen LogP contribution in [0, 0.1) is 0 Å². The Morgan fingerprint density at radius 2 is 2.12 bits per heavy atom. The van der Waals surface area contributed by atoms with Gasteiger partial charge in [-0.2, -0.15) is 0 Å². The molecule has 17 heavy (non-hydrogen) atoms. The molecular weight excluding hydrogens is 214 g/mol. The summed E-state index contributed by atoms with van der Waals surface area (Å²) in [7, 11) is 1.78. The largest absolute Gasteiger partial charge is 0.370 e. The highest BCUT2D eigenvalue weighted by atomic mass is 16.1. The van der Waals surface area contributed by atoms with Crippen molar-refractivity contribution >= 4 is 5.82 Å². The number of hydrogen-bond donors (Lipinski definition) is 1. The lowest BCUT2D eigenvalue weighted by Gasteiger charge is -2.25. The van der Waals surface area contributed by atoms with Crippen LogP contribution >= 0.6 is 0 Å². The molecule has 96 valence electrons. The predicted molar refractivity (Wildman–Crippen MR) is 72.6 cm³/mol. The Bertz CT molecular complexity index is 398. The standard InChI is InChI=1S/C13H23N3O/c1-5-16(11(2)3)10-9-14-12-7-6-8-13(17)15(12)4/h6-8,11,14H,5,9-10H2,1-4H3. The van der Waals surface area contributed by atoms with Crippen molar-refractivity contribution in [2.24, 2.45) is 7.05 Å². The van der Waals surface area contributed by atoms with Gasteiger partial charge in [0.15, 0.2) is 0 Å². The molecule has 0 aliphatic rings. The normalized spacial score (nSPS) is 11.2. The Hall–Kier alpha value is -1.29. The van der Waals surface area contributed by atoms with E-state index in [1.54, 1.807) is 23.7 Å². The van der Waals surface area contributed by atoms with Gasteiger partial charge in [0.05, 0.1) is 0 Å². The van der Waals surface area contributed by atoms with Gasteiger partial charge >= 0.3 is 0 Å².